The highest BCUT2D eigenvalue weighted by molar-refractivity contribution is 5.93. The van der Waals surface area contributed by atoms with Crippen molar-refractivity contribution in [2.24, 2.45) is 7.05 Å². The van der Waals surface area contributed by atoms with Crippen molar-refractivity contribution in [3.05, 3.63) is 64.0 Å². The van der Waals surface area contributed by atoms with Crippen molar-refractivity contribution in [1.82, 2.24) is 34.8 Å². The zero-order valence-electron chi connectivity index (χ0n) is 16.0. The number of amides is 1. The van der Waals surface area contributed by atoms with Crippen LogP contribution in [0.4, 0.5) is 5.69 Å². The topological polar surface area (TPSA) is 124 Å². The van der Waals surface area contributed by atoms with Gasteiger partial charge in [0.05, 0.1) is 16.3 Å². The third kappa shape index (κ3) is 3.36. The number of nitro groups is 1. The summed E-state index contributed by atoms with van der Waals surface area (Å²) in [4.78, 5) is 30.0. The summed E-state index contributed by atoms with van der Waals surface area (Å²) in [5.41, 5.74) is 1.16. The fourth-order valence-electron chi connectivity index (χ4n) is 3.52. The molecule has 1 N–H and O–H groups in total. The molecule has 0 aliphatic carbocycles. The van der Waals surface area contributed by atoms with E-state index in [0.29, 0.717) is 31.0 Å². The minimum atomic E-state index is -0.472. The van der Waals surface area contributed by atoms with Gasteiger partial charge in [-0.15, -0.1) is 5.10 Å². The first-order valence-electron chi connectivity index (χ1n) is 9.13. The summed E-state index contributed by atoms with van der Waals surface area (Å²) >= 11 is 0. The molecule has 0 bridgehead atoms. The van der Waals surface area contributed by atoms with E-state index in [9.17, 15) is 14.9 Å². The van der Waals surface area contributed by atoms with Gasteiger partial charge in [-0.05, 0) is 13.0 Å². The van der Waals surface area contributed by atoms with Crippen molar-refractivity contribution >= 4 is 11.6 Å². The predicted octanol–water partition coefficient (Wildman–Crippen LogP) is 1.00. The third-order valence-electron chi connectivity index (χ3n) is 5.04. The molecule has 1 atom stereocenters. The number of piperazine rings is 1. The SMILES string of the molecule is Cc1c(C(=O)N2CCNCC2c2nccn2C)nnn1-c1cccc([N+](=O)[O-])c1. The lowest BCUT2D eigenvalue weighted by Gasteiger charge is -2.35. The number of carbonyl (C=O) groups is 1. The van der Waals surface area contributed by atoms with Crippen LogP contribution in [-0.4, -0.2) is 59.9 Å². The van der Waals surface area contributed by atoms with Gasteiger partial charge in [-0.1, -0.05) is 11.3 Å². The molecule has 11 nitrogen and oxygen atoms in total. The second-order valence-corrected chi connectivity index (χ2v) is 6.83. The summed E-state index contributed by atoms with van der Waals surface area (Å²) in [6.07, 6.45) is 3.55. The zero-order chi connectivity index (χ0) is 20.5. The number of benzene rings is 1. The molecule has 1 aliphatic rings. The van der Waals surface area contributed by atoms with Crippen LogP contribution in [0.5, 0.6) is 0 Å². The second-order valence-electron chi connectivity index (χ2n) is 6.83. The van der Waals surface area contributed by atoms with E-state index in [2.05, 4.69) is 20.6 Å². The first kappa shape index (κ1) is 18.7. The first-order chi connectivity index (χ1) is 14.0. The largest absolute Gasteiger partial charge is 0.336 e. The quantitative estimate of drug-likeness (QED) is 0.515. The average molecular weight is 396 g/mol. The maximum Gasteiger partial charge on any atom is 0.277 e. The highest BCUT2D eigenvalue weighted by atomic mass is 16.6. The van der Waals surface area contributed by atoms with Crippen LogP contribution in [0, 0.1) is 17.0 Å². The zero-order valence-corrected chi connectivity index (χ0v) is 16.0. The molecule has 4 rings (SSSR count). The average Bonchev–Trinajstić information content (AvgIpc) is 3.33. The minimum Gasteiger partial charge on any atom is -0.336 e. The van der Waals surface area contributed by atoms with Gasteiger partial charge in [-0.25, -0.2) is 9.67 Å². The summed E-state index contributed by atoms with van der Waals surface area (Å²) in [7, 11) is 1.89. The van der Waals surface area contributed by atoms with Crippen molar-refractivity contribution < 1.29 is 9.72 Å². The summed E-state index contributed by atoms with van der Waals surface area (Å²) in [6.45, 7) is 3.50. The molecule has 0 spiro atoms. The molecule has 1 aromatic carbocycles. The Morgan fingerprint density at radius 3 is 2.93 bits per heavy atom. The predicted molar refractivity (Wildman–Crippen MR) is 103 cm³/mol. The van der Waals surface area contributed by atoms with E-state index in [-0.39, 0.29) is 23.3 Å². The van der Waals surface area contributed by atoms with E-state index in [1.807, 2.05) is 17.8 Å². The van der Waals surface area contributed by atoms with Gasteiger partial charge in [0.15, 0.2) is 5.69 Å². The van der Waals surface area contributed by atoms with E-state index in [4.69, 9.17) is 0 Å². The summed E-state index contributed by atoms with van der Waals surface area (Å²) < 4.78 is 3.34. The number of rotatable bonds is 4. The lowest BCUT2D eigenvalue weighted by Crippen LogP contribution is -2.49. The molecule has 1 saturated heterocycles. The Morgan fingerprint density at radius 2 is 2.21 bits per heavy atom. The summed E-state index contributed by atoms with van der Waals surface area (Å²) in [6, 6.07) is 5.84. The van der Waals surface area contributed by atoms with Gasteiger partial charge in [-0.3, -0.25) is 14.9 Å². The van der Waals surface area contributed by atoms with E-state index in [1.54, 1.807) is 30.2 Å². The Hall–Kier alpha value is -3.60. The molecular weight excluding hydrogens is 376 g/mol. The maximum atomic E-state index is 13.3. The molecular formula is C18H20N8O3. The third-order valence-corrected chi connectivity index (χ3v) is 5.04. The number of nitro benzene ring substituents is 1. The highest BCUT2D eigenvalue weighted by Gasteiger charge is 2.33. The van der Waals surface area contributed by atoms with Gasteiger partial charge < -0.3 is 14.8 Å². The molecule has 29 heavy (non-hydrogen) atoms. The molecule has 11 heteroatoms. The lowest BCUT2D eigenvalue weighted by molar-refractivity contribution is -0.384. The monoisotopic (exact) mass is 396 g/mol. The van der Waals surface area contributed by atoms with Gasteiger partial charge in [0.1, 0.15) is 11.9 Å². The van der Waals surface area contributed by atoms with Crippen LogP contribution < -0.4 is 5.32 Å². The number of aryl methyl sites for hydroxylation is 1. The fourth-order valence-corrected chi connectivity index (χ4v) is 3.52. The second kappa shape index (κ2) is 7.43. The fraction of sp³-hybridized carbons (Fsp3) is 0.333. The number of nitrogens with zero attached hydrogens (tertiary/aromatic N) is 7. The molecule has 0 saturated carbocycles. The van der Waals surface area contributed by atoms with Crippen LogP contribution in [0.3, 0.4) is 0 Å². The Balaban J connectivity index is 1.67. The maximum absolute atomic E-state index is 13.3. The van der Waals surface area contributed by atoms with Crippen LogP contribution in [0.25, 0.3) is 5.69 Å². The number of hydrogen-bond acceptors (Lipinski definition) is 7. The minimum absolute atomic E-state index is 0.0535. The Kier molecular flexibility index (Phi) is 4.80. The summed E-state index contributed by atoms with van der Waals surface area (Å²) in [5.74, 6) is 0.544. The smallest absolute Gasteiger partial charge is 0.277 e. The van der Waals surface area contributed by atoms with Crippen LogP contribution in [0.1, 0.15) is 28.0 Å². The van der Waals surface area contributed by atoms with Crippen molar-refractivity contribution in [2.75, 3.05) is 19.6 Å². The number of imidazole rings is 1. The molecule has 1 amide bonds. The van der Waals surface area contributed by atoms with E-state index < -0.39 is 4.92 Å². The van der Waals surface area contributed by atoms with Crippen molar-refractivity contribution in [1.29, 1.82) is 0 Å². The van der Waals surface area contributed by atoms with Crippen LogP contribution in [0.2, 0.25) is 0 Å². The molecule has 3 heterocycles. The molecule has 1 unspecified atom stereocenters. The van der Waals surface area contributed by atoms with Crippen molar-refractivity contribution in [3.63, 3.8) is 0 Å². The number of non-ortho nitro benzene ring substituents is 1. The van der Waals surface area contributed by atoms with Gasteiger partial charge in [0, 0.05) is 51.2 Å². The Bertz CT molecular complexity index is 1070. The van der Waals surface area contributed by atoms with E-state index in [0.717, 1.165) is 5.82 Å². The molecule has 1 aliphatic heterocycles. The van der Waals surface area contributed by atoms with Gasteiger partial charge in [-0.2, -0.15) is 0 Å². The van der Waals surface area contributed by atoms with Crippen molar-refractivity contribution in [3.8, 4) is 5.69 Å². The number of hydrogen-bond donors (Lipinski definition) is 1. The number of carbonyl (C=O) groups excluding carboxylic acids is 1. The Labute approximate surface area is 166 Å². The van der Waals surface area contributed by atoms with Crippen LogP contribution in [0.15, 0.2) is 36.7 Å². The first-order valence-corrected chi connectivity index (χ1v) is 9.13. The normalized spacial score (nSPS) is 16.8. The molecule has 3 aromatic rings. The number of aromatic nitrogens is 5. The van der Waals surface area contributed by atoms with Gasteiger partial charge in [0.2, 0.25) is 0 Å². The van der Waals surface area contributed by atoms with Crippen LogP contribution >= 0.6 is 0 Å². The molecule has 1 fully saturated rings. The lowest BCUT2D eigenvalue weighted by atomic mass is 10.1. The van der Waals surface area contributed by atoms with Crippen molar-refractivity contribution in [2.45, 2.75) is 13.0 Å². The van der Waals surface area contributed by atoms with E-state index >= 15 is 0 Å². The highest BCUT2D eigenvalue weighted by Crippen LogP contribution is 2.24. The standard InChI is InChI=1S/C18H20N8O3/c1-12-16(21-22-25(12)13-4-3-5-14(10-13)26(28)29)18(27)24-9-6-19-11-15(24)17-20-7-8-23(17)2/h3-5,7-8,10,15,19H,6,9,11H2,1-2H3. The molecule has 2 aromatic heterocycles. The summed E-state index contributed by atoms with van der Waals surface area (Å²) in [5, 5.41) is 22.5. The number of nitrogens with one attached hydrogen (secondary N) is 1. The van der Waals surface area contributed by atoms with Gasteiger partial charge >= 0.3 is 0 Å². The Morgan fingerprint density at radius 1 is 1.38 bits per heavy atom. The van der Waals surface area contributed by atoms with E-state index in [1.165, 1.54) is 16.8 Å². The van der Waals surface area contributed by atoms with Crippen LogP contribution in [-0.2, 0) is 7.05 Å². The molecule has 150 valence electrons. The molecule has 0 radical (unpaired) electrons. The van der Waals surface area contributed by atoms with Gasteiger partial charge in [0.25, 0.3) is 11.6 Å².